The van der Waals surface area contributed by atoms with E-state index in [2.05, 4.69) is 31.7 Å². The Morgan fingerprint density at radius 3 is 2.28 bits per heavy atom. The van der Waals surface area contributed by atoms with E-state index in [9.17, 15) is 0 Å². The third-order valence-electron chi connectivity index (χ3n) is 5.40. The van der Waals surface area contributed by atoms with Crippen molar-refractivity contribution in [1.29, 1.82) is 0 Å². The smallest absolute Gasteiger partial charge is 0.0465 e. The van der Waals surface area contributed by atoms with Crippen LogP contribution >= 0.6 is 23.2 Å². The van der Waals surface area contributed by atoms with E-state index in [1.165, 1.54) is 37.7 Å². The van der Waals surface area contributed by atoms with Gasteiger partial charge in [0.1, 0.15) is 0 Å². The Kier molecular flexibility index (Phi) is 8.07. The van der Waals surface area contributed by atoms with E-state index in [-0.39, 0.29) is 0 Å². The van der Waals surface area contributed by atoms with Gasteiger partial charge < -0.3 is 5.73 Å². The molecular formula is C21H34Cl2N2. The molecule has 0 bridgehead atoms. The standard InChI is InChI=1S/C21H34Cl2N2/c1-21(2,3)10-11-25(14-17-6-4-16(13-24)5-7-17)15-18-8-9-19(22)12-20(18)23/h8-9,12,16-17H,4-7,10-11,13-15,24H2,1-3H3. The molecule has 0 spiro atoms. The highest BCUT2D eigenvalue weighted by atomic mass is 35.5. The molecule has 0 atom stereocenters. The minimum atomic E-state index is 0.346. The van der Waals surface area contributed by atoms with Crippen LogP contribution in [0.1, 0.15) is 58.4 Å². The van der Waals surface area contributed by atoms with Gasteiger partial charge in [0.25, 0.3) is 0 Å². The fraction of sp³-hybridized carbons (Fsp3) is 0.714. The Morgan fingerprint density at radius 1 is 1.08 bits per heavy atom. The van der Waals surface area contributed by atoms with Crippen LogP contribution in [0.5, 0.6) is 0 Å². The first-order valence-electron chi connectivity index (χ1n) is 9.63. The molecule has 2 rings (SSSR count). The first kappa shape index (κ1) is 21.0. The summed E-state index contributed by atoms with van der Waals surface area (Å²) in [7, 11) is 0. The molecule has 142 valence electrons. The first-order chi connectivity index (χ1) is 11.8. The van der Waals surface area contributed by atoms with Gasteiger partial charge in [0, 0.05) is 23.1 Å². The number of benzene rings is 1. The zero-order chi connectivity index (χ0) is 18.4. The molecule has 1 aliphatic rings. The molecule has 0 amide bonds. The molecule has 0 saturated heterocycles. The number of nitrogens with two attached hydrogens (primary N) is 1. The van der Waals surface area contributed by atoms with Gasteiger partial charge in [-0.05, 0) is 80.1 Å². The van der Waals surface area contributed by atoms with Gasteiger partial charge >= 0.3 is 0 Å². The zero-order valence-corrected chi connectivity index (χ0v) is 17.5. The number of nitrogens with zero attached hydrogens (tertiary/aromatic N) is 1. The molecule has 2 N–H and O–H groups in total. The lowest BCUT2D eigenvalue weighted by atomic mass is 9.81. The Bertz CT molecular complexity index is 531. The molecule has 0 unspecified atom stereocenters. The van der Waals surface area contributed by atoms with E-state index in [0.29, 0.717) is 10.4 Å². The molecule has 1 aliphatic carbocycles. The zero-order valence-electron chi connectivity index (χ0n) is 16.0. The van der Waals surface area contributed by atoms with Crippen LogP contribution in [-0.2, 0) is 6.54 Å². The molecule has 2 nitrogen and oxygen atoms in total. The maximum Gasteiger partial charge on any atom is 0.0465 e. The summed E-state index contributed by atoms with van der Waals surface area (Å²) < 4.78 is 0. The summed E-state index contributed by atoms with van der Waals surface area (Å²) in [6.07, 6.45) is 6.38. The summed E-state index contributed by atoms with van der Waals surface area (Å²) in [5.41, 5.74) is 7.36. The summed E-state index contributed by atoms with van der Waals surface area (Å²) >= 11 is 12.5. The van der Waals surface area contributed by atoms with Crippen molar-refractivity contribution in [2.24, 2.45) is 23.0 Å². The van der Waals surface area contributed by atoms with Gasteiger partial charge in [-0.3, -0.25) is 4.90 Å². The highest BCUT2D eigenvalue weighted by Crippen LogP contribution is 2.30. The molecule has 4 heteroatoms. The minimum Gasteiger partial charge on any atom is -0.330 e. The van der Waals surface area contributed by atoms with Gasteiger partial charge in [0.2, 0.25) is 0 Å². The molecule has 0 aromatic heterocycles. The van der Waals surface area contributed by atoms with Gasteiger partial charge in [0.15, 0.2) is 0 Å². The van der Waals surface area contributed by atoms with Gasteiger partial charge in [-0.15, -0.1) is 0 Å². The Morgan fingerprint density at radius 2 is 1.72 bits per heavy atom. The van der Waals surface area contributed by atoms with Crippen molar-refractivity contribution >= 4 is 23.2 Å². The molecule has 1 aromatic rings. The summed E-state index contributed by atoms with van der Waals surface area (Å²) in [4.78, 5) is 2.59. The molecule has 0 radical (unpaired) electrons. The second-order valence-electron chi connectivity index (χ2n) is 8.90. The average Bonchev–Trinajstić information content (AvgIpc) is 2.55. The van der Waals surface area contributed by atoms with Crippen LogP contribution in [-0.4, -0.2) is 24.5 Å². The molecule has 0 aliphatic heterocycles. The van der Waals surface area contributed by atoms with Crippen molar-refractivity contribution in [2.45, 2.75) is 59.4 Å². The van der Waals surface area contributed by atoms with Gasteiger partial charge in [-0.1, -0.05) is 50.0 Å². The summed E-state index contributed by atoms with van der Waals surface area (Å²) in [6, 6.07) is 5.87. The number of rotatable bonds is 7. The van der Waals surface area contributed by atoms with Crippen molar-refractivity contribution in [2.75, 3.05) is 19.6 Å². The van der Waals surface area contributed by atoms with Crippen LogP contribution in [0.25, 0.3) is 0 Å². The monoisotopic (exact) mass is 384 g/mol. The van der Waals surface area contributed by atoms with Gasteiger partial charge in [-0.2, -0.15) is 0 Å². The van der Waals surface area contributed by atoms with Crippen molar-refractivity contribution in [3.8, 4) is 0 Å². The number of hydrogen-bond acceptors (Lipinski definition) is 2. The van der Waals surface area contributed by atoms with Crippen molar-refractivity contribution in [3.63, 3.8) is 0 Å². The third kappa shape index (κ3) is 7.46. The molecule has 1 aromatic carbocycles. The van der Waals surface area contributed by atoms with E-state index in [1.807, 2.05) is 12.1 Å². The maximum atomic E-state index is 6.42. The van der Waals surface area contributed by atoms with Crippen LogP contribution in [0.2, 0.25) is 10.0 Å². The lowest BCUT2D eigenvalue weighted by Crippen LogP contribution is -2.34. The second-order valence-corrected chi connectivity index (χ2v) is 9.75. The predicted octanol–water partition coefficient (Wildman–Crippen LogP) is 6.00. The predicted molar refractivity (Wildman–Crippen MR) is 110 cm³/mol. The number of halogens is 2. The molecule has 1 saturated carbocycles. The molecule has 1 fully saturated rings. The topological polar surface area (TPSA) is 29.3 Å². The summed E-state index contributed by atoms with van der Waals surface area (Å²) in [5, 5.41) is 1.48. The van der Waals surface area contributed by atoms with Crippen molar-refractivity contribution < 1.29 is 0 Å². The highest BCUT2D eigenvalue weighted by Gasteiger charge is 2.23. The average molecular weight is 385 g/mol. The van der Waals surface area contributed by atoms with Crippen LogP contribution in [0.4, 0.5) is 0 Å². The third-order valence-corrected chi connectivity index (χ3v) is 5.99. The minimum absolute atomic E-state index is 0.346. The fourth-order valence-electron chi connectivity index (χ4n) is 3.63. The normalized spacial score (nSPS) is 21.7. The van der Waals surface area contributed by atoms with Crippen LogP contribution in [0.15, 0.2) is 18.2 Å². The van der Waals surface area contributed by atoms with Gasteiger partial charge in [0.05, 0.1) is 0 Å². The Hall–Kier alpha value is -0.280. The molecular weight excluding hydrogens is 351 g/mol. The highest BCUT2D eigenvalue weighted by molar-refractivity contribution is 6.35. The van der Waals surface area contributed by atoms with Crippen LogP contribution < -0.4 is 5.73 Å². The quantitative estimate of drug-likeness (QED) is 0.624. The molecule has 25 heavy (non-hydrogen) atoms. The fourth-order valence-corrected chi connectivity index (χ4v) is 4.10. The lowest BCUT2D eigenvalue weighted by Gasteiger charge is -2.34. The maximum absolute atomic E-state index is 6.42. The largest absolute Gasteiger partial charge is 0.330 e. The van der Waals surface area contributed by atoms with E-state index in [0.717, 1.165) is 43.0 Å². The van der Waals surface area contributed by atoms with Crippen molar-refractivity contribution in [3.05, 3.63) is 33.8 Å². The number of hydrogen-bond donors (Lipinski definition) is 1. The lowest BCUT2D eigenvalue weighted by molar-refractivity contribution is 0.159. The van der Waals surface area contributed by atoms with Gasteiger partial charge in [-0.25, -0.2) is 0 Å². The first-order valence-corrected chi connectivity index (χ1v) is 10.4. The Balaban J connectivity index is 1.99. The summed E-state index contributed by atoms with van der Waals surface area (Å²) in [5.74, 6) is 1.53. The van der Waals surface area contributed by atoms with Crippen LogP contribution in [0.3, 0.4) is 0 Å². The Labute approximate surface area is 164 Å². The van der Waals surface area contributed by atoms with E-state index >= 15 is 0 Å². The van der Waals surface area contributed by atoms with Crippen molar-refractivity contribution in [1.82, 2.24) is 4.90 Å². The van der Waals surface area contributed by atoms with E-state index in [4.69, 9.17) is 28.9 Å². The summed E-state index contributed by atoms with van der Waals surface area (Å²) in [6.45, 7) is 11.0. The van der Waals surface area contributed by atoms with E-state index in [1.54, 1.807) is 0 Å². The second kappa shape index (κ2) is 9.60. The van der Waals surface area contributed by atoms with E-state index < -0.39 is 0 Å². The van der Waals surface area contributed by atoms with Crippen LogP contribution in [0, 0.1) is 17.3 Å². The SMILES string of the molecule is CC(C)(C)CCN(Cc1ccc(Cl)cc1Cl)CC1CCC(CN)CC1. The molecule has 0 heterocycles.